The normalized spacial score (nSPS) is 10.5. The highest BCUT2D eigenvalue weighted by Gasteiger charge is 2.09. The largest absolute Gasteiger partial charge is 0.351 e. The van der Waals surface area contributed by atoms with E-state index in [4.69, 9.17) is 11.6 Å². The Morgan fingerprint density at radius 1 is 1.12 bits per heavy atom. The Hall–Kier alpha value is -2.31. The van der Waals surface area contributed by atoms with Gasteiger partial charge in [0.1, 0.15) is 0 Å². The van der Waals surface area contributed by atoms with E-state index in [1.165, 1.54) is 11.8 Å². The van der Waals surface area contributed by atoms with Crippen LogP contribution in [-0.2, 0) is 11.3 Å². The molecule has 3 rings (SSSR count). The molecule has 0 aliphatic carbocycles. The summed E-state index contributed by atoms with van der Waals surface area (Å²) in [5.41, 5.74) is 1.96. The van der Waals surface area contributed by atoms with E-state index >= 15 is 0 Å². The van der Waals surface area contributed by atoms with E-state index in [-0.39, 0.29) is 11.7 Å². The van der Waals surface area contributed by atoms with Crippen LogP contribution >= 0.6 is 23.4 Å². The van der Waals surface area contributed by atoms with E-state index in [0.29, 0.717) is 22.5 Å². The molecule has 1 amide bonds. The molecular weight excluding hydrogens is 344 g/mol. The first-order valence-electron chi connectivity index (χ1n) is 7.32. The lowest BCUT2D eigenvalue weighted by atomic mass is 10.2. The molecule has 24 heavy (non-hydrogen) atoms. The van der Waals surface area contributed by atoms with Gasteiger partial charge >= 0.3 is 0 Å². The van der Waals surface area contributed by atoms with Crippen molar-refractivity contribution in [3.8, 4) is 11.4 Å². The van der Waals surface area contributed by atoms with Crippen molar-refractivity contribution in [3.63, 3.8) is 0 Å². The molecule has 1 heterocycles. The number of hydrogen-bond acceptors (Lipinski definition) is 4. The van der Waals surface area contributed by atoms with Crippen LogP contribution in [0.25, 0.3) is 11.4 Å². The number of carbonyl (C=O) groups is 1. The van der Waals surface area contributed by atoms with E-state index in [9.17, 15) is 4.79 Å². The number of aromatic nitrogens is 3. The number of benzene rings is 2. The number of hydrogen-bond donors (Lipinski definition) is 2. The van der Waals surface area contributed by atoms with Gasteiger partial charge in [-0.3, -0.25) is 9.89 Å². The topological polar surface area (TPSA) is 70.7 Å². The summed E-state index contributed by atoms with van der Waals surface area (Å²) in [6.45, 7) is 0.518. The van der Waals surface area contributed by atoms with Crippen LogP contribution in [0, 0.1) is 0 Å². The zero-order valence-electron chi connectivity index (χ0n) is 12.7. The second-order valence-electron chi connectivity index (χ2n) is 5.02. The van der Waals surface area contributed by atoms with Gasteiger partial charge in [0.15, 0.2) is 5.82 Å². The van der Waals surface area contributed by atoms with Crippen molar-refractivity contribution in [2.45, 2.75) is 11.7 Å². The fourth-order valence-corrected chi connectivity index (χ4v) is 2.78. The fourth-order valence-electron chi connectivity index (χ4n) is 2.03. The Morgan fingerprint density at radius 2 is 1.88 bits per heavy atom. The van der Waals surface area contributed by atoms with Gasteiger partial charge in [-0.2, -0.15) is 0 Å². The van der Waals surface area contributed by atoms with E-state index < -0.39 is 0 Å². The molecule has 3 aromatic rings. The maximum atomic E-state index is 11.9. The molecule has 5 nitrogen and oxygen atoms in total. The minimum atomic E-state index is -0.0540. The average molecular weight is 359 g/mol. The summed E-state index contributed by atoms with van der Waals surface area (Å²) < 4.78 is 0. The van der Waals surface area contributed by atoms with Gasteiger partial charge in [-0.05, 0) is 29.8 Å². The zero-order valence-corrected chi connectivity index (χ0v) is 14.3. The summed E-state index contributed by atoms with van der Waals surface area (Å²) in [5, 5.41) is 11.1. The third-order valence-corrected chi connectivity index (χ3v) is 4.35. The van der Waals surface area contributed by atoms with Gasteiger partial charge in [-0.25, -0.2) is 4.98 Å². The Kier molecular flexibility index (Phi) is 5.51. The van der Waals surface area contributed by atoms with Crippen LogP contribution in [0.2, 0.25) is 5.02 Å². The van der Waals surface area contributed by atoms with Crippen LogP contribution in [-0.4, -0.2) is 26.8 Å². The molecule has 0 radical (unpaired) electrons. The van der Waals surface area contributed by atoms with Crippen molar-refractivity contribution in [1.82, 2.24) is 20.5 Å². The molecule has 0 aliphatic heterocycles. The van der Waals surface area contributed by atoms with Crippen LogP contribution < -0.4 is 5.32 Å². The van der Waals surface area contributed by atoms with Crippen LogP contribution in [0.1, 0.15) is 5.56 Å². The third kappa shape index (κ3) is 4.59. The maximum Gasteiger partial charge on any atom is 0.230 e. The minimum Gasteiger partial charge on any atom is -0.351 e. The quantitative estimate of drug-likeness (QED) is 0.661. The molecule has 2 aromatic carbocycles. The second kappa shape index (κ2) is 7.99. The Morgan fingerprint density at radius 3 is 2.62 bits per heavy atom. The lowest BCUT2D eigenvalue weighted by Crippen LogP contribution is -2.24. The predicted octanol–water partition coefficient (Wildman–Crippen LogP) is 3.53. The first kappa shape index (κ1) is 16.5. The van der Waals surface area contributed by atoms with Gasteiger partial charge in [0.25, 0.3) is 0 Å². The number of rotatable bonds is 6. The molecule has 1 aromatic heterocycles. The third-order valence-electron chi connectivity index (χ3n) is 3.25. The summed E-state index contributed by atoms with van der Waals surface area (Å²) in [5.74, 6) is 0.866. The van der Waals surface area contributed by atoms with Gasteiger partial charge in [0.05, 0.1) is 5.75 Å². The van der Waals surface area contributed by atoms with Crippen molar-refractivity contribution in [3.05, 3.63) is 65.2 Å². The van der Waals surface area contributed by atoms with E-state index in [0.717, 1.165) is 11.1 Å². The fraction of sp³-hybridized carbons (Fsp3) is 0.118. The van der Waals surface area contributed by atoms with Crippen molar-refractivity contribution < 1.29 is 4.79 Å². The summed E-state index contributed by atoms with van der Waals surface area (Å²) >= 11 is 7.16. The monoisotopic (exact) mass is 358 g/mol. The minimum absolute atomic E-state index is 0.0540. The summed E-state index contributed by atoms with van der Waals surface area (Å²) in [6, 6.07) is 17.1. The number of nitrogens with one attached hydrogen (secondary N) is 2. The van der Waals surface area contributed by atoms with Gasteiger partial charge < -0.3 is 5.32 Å². The summed E-state index contributed by atoms with van der Waals surface area (Å²) in [4.78, 5) is 16.3. The summed E-state index contributed by atoms with van der Waals surface area (Å²) in [6.07, 6.45) is 0. The van der Waals surface area contributed by atoms with Crippen molar-refractivity contribution >= 4 is 29.3 Å². The van der Waals surface area contributed by atoms with Crippen LogP contribution in [0.4, 0.5) is 0 Å². The molecule has 2 N–H and O–H groups in total. The molecule has 0 unspecified atom stereocenters. The zero-order chi connectivity index (χ0) is 16.8. The Balaban J connectivity index is 1.50. The van der Waals surface area contributed by atoms with Crippen LogP contribution in [0.15, 0.2) is 59.8 Å². The lowest BCUT2D eigenvalue weighted by molar-refractivity contribution is -0.118. The smallest absolute Gasteiger partial charge is 0.230 e. The number of carbonyl (C=O) groups excluding carboxylic acids is 1. The Bertz CT molecular complexity index is 805. The maximum absolute atomic E-state index is 11.9. The van der Waals surface area contributed by atoms with Crippen molar-refractivity contribution in [1.29, 1.82) is 0 Å². The first-order valence-corrected chi connectivity index (χ1v) is 8.69. The molecule has 7 heteroatoms. The van der Waals surface area contributed by atoms with Gasteiger partial charge in [-0.15, -0.1) is 5.10 Å². The standard InChI is InChI=1S/C17H15ClN4OS/c18-14-8-6-13(7-9-14)16-20-17(22-21-16)24-11-15(23)19-10-12-4-2-1-3-5-12/h1-9H,10-11H2,(H,19,23)(H,20,21,22). The van der Waals surface area contributed by atoms with Crippen LogP contribution in [0.5, 0.6) is 0 Å². The molecule has 0 spiro atoms. The molecular formula is C17H15ClN4OS. The number of amides is 1. The summed E-state index contributed by atoms with van der Waals surface area (Å²) in [7, 11) is 0. The number of H-pyrrole nitrogens is 1. The number of nitrogens with zero attached hydrogens (tertiary/aromatic N) is 2. The molecule has 0 bridgehead atoms. The number of thioether (sulfide) groups is 1. The highest BCUT2D eigenvalue weighted by atomic mass is 35.5. The van der Waals surface area contributed by atoms with E-state index in [2.05, 4.69) is 20.5 Å². The first-order chi connectivity index (χ1) is 11.7. The second-order valence-corrected chi connectivity index (χ2v) is 6.40. The lowest BCUT2D eigenvalue weighted by Gasteiger charge is -2.03. The molecule has 0 atom stereocenters. The number of aromatic amines is 1. The van der Waals surface area contributed by atoms with E-state index in [1.807, 2.05) is 42.5 Å². The average Bonchev–Trinajstić information content (AvgIpc) is 3.09. The molecule has 0 fully saturated rings. The van der Waals surface area contributed by atoms with Crippen molar-refractivity contribution in [2.24, 2.45) is 0 Å². The Labute approximate surface area is 148 Å². The van der Waals surface area contributed by atoms with Gasteiger partial charge in [-0.1, -0.05) is 53.7 Å². The predicted molar refractivity (Wildman–Crippen MR) is 95.8 cm³/mol. The highest BCUT2D eigenvalue weighted by molar-refractivity contribution is 7.99. The molecule has 0 saturated heterocycles. The SMILES string of the molecule is O=C(CSc1n[nH]c(-c2ccc(Cl)cc2)n1)NCc1ccccc1. The number of halogens is 1. The van der Waals surface area contributed by atoms with E-state index in [1.54, 1.807) is 12.1 Å². The van der Waals surface area contributed by atoms with Crippen molar-refractivity contribution in [2.75, 3.05) is 5.75 Å². The van der Waals surface area contributed by atoms with Crippen LogP contribution in [0.3, 0.4) is 0 Å². The molecule has 0 aliphatic rings. The van der Waals surface area contributed by atoms with Gasteiger partial charge in [0.2, 0.25) is 11.1 Å². The highest BCUT2D eigenvalue weighted by Crippen LogP contribution is 2.20. The molecule has 0 saturated carbocycles. The van der Waals surface area contributed by atoms with Gasteiger partial charge in [0, 0.05) is 17.1 Å². The molecule has 122 valence electrons.